The van der Waals surface area contributed by atoms with Crippen molar-refractivity contribution in [2.75, 3.05) is 5.32 Å². The molecule has 0 saturated heterocycles. The minimum Gasteiger partial charge on any atom is -0.298 e. The molecule has 0 fully saturated rings. The van der Waals surface area contributed by atoms with Gasteiger partial charge in [0.1, 0.15) is 0 Å². The molecule has 0 saturated carbocycles. The lowest BCUT2D eigenvalue weighted by Crippen LogP contribution is -2.12. The summed E-state index contributed by atoms with van der Waals surface area (Å²) < 4.78 is 0.871. The number of anilines is 1. The summed E-state index contributed by atoms with van der Waals surface area (Å²) in [6.07, 6.45) is 1.47. The van der Waals surface area contributed by atoms with Gasteiger partial charge in [-0.25, -0.2) is 4.98 Å². The summed E-state index contributed by atoms with van der Waals surface area (Å²) in [6.45, 7) is 1.47. The molecule has 0 aliphatic heterocycles. The molecule has 0 aliphatic rings. The van der Waals surface area contributed by atoms with Crippen LogP contribution in [-0.2, 0) is 0 Å². The van der Waals surface area contributed by atoms with Crippen LogP contribution in [-0.4, -0.2) is 16.7 Å². The monoisotopic (exact) mass is 372 g/mol. The lowest BCUT2D eigenvalue weighted by molar-refractivity contribution is 0.101. The first-order valence-corrected chi connectivity index (χ1v) is 7.00. The second kappa shape index (κ2) is 5.57. The van der Waals surface area contributed by atoms with Crippen LogP contribution in [0.5, 0.6) is 0 Å². The Labute approximate surface area is 122 Å². The lowest BCUT2D eigenvalue weighted by Gasteiger charge is -2.03. The van der Waals surface area contributed by atoms with Crippen LogP contribution in [0, 0.1) is 3.57 Å². The second-order valence-corrected chi connectivity index (χ2v) is 5.71. The van der Waals surface area contributed by atoms with Crippen molar-refractivity contribution in [1.82, 2.24) is 4.98 Å². The van der Waals surface area contributed by atoms with Crippen LogP contribution >= 0.6 is 33.9 Å². The first kappa shape index (κ1) is 13.2. The number of nitrogens with one attached hydrogen (secondary N) is 1. The van der Waals surface area contributed by atoms with Gasteiger partial charge >= 0.3 is 0 Å². The molecule has 0 bridgehead atoms. The number of carbonyl (C=O) groups excluding carboxylic acids is 2. The molecule has 0 aliphatic carbocycles. The van der Waals surface area contributed by atoms with E-state index in [-0.39, 0.29) is 11.7 Å². The van der Waals surface area contributed by atoms with E-state index in [4.69, 9.17) is 0 Å². The Kier molecular flexibility index (Phi) is 4.07. The predicted molar refractivity (Wildman–Crippen MR) is 79.2 cm³/mol. The molecule has 92 valence electrons. The Balaban J connectivity index is 2.16. The number of thiazole rings is 1. The van der Waals surface area contributed by atoms with Crippen molar-refractivity contribution in [3.05, 3.63) is 44.5 Å². The van der Waals surface area contributed by atoms with Gasteiger partial charge in [-0.1, -0.05) is 23.5 Å². The first-order valence-electron chi connectivity index (χ1n) is 5.10. The number of hydrogen-bond donors (Lipinski definition) is 1. The van der Waals surface area contributed by atoms with Crippen molar-refractivity contribution >= 4 is 50.7 Å². The molecule has 1 aromatic carbocycles. The van der Waals surface area contributed by atoms with E-state index in [1.165, 1.54) is 24.5 Å². The Morgan fingerprint density at radius 1 is 1.33 bits per heavy atom. The Morgan fingerprint density at radius 2 is 2.06 bits per heavy atom. The molecule has 4 nitrogen and oxygen atoms in total. The topological polar surface area (TPSA) is 59.1 Å². The highest BCUT2D eigenvalue weighted by molar-refractivity contribution is 14.1. The van der Waals surface area contributed by atoms with Crippen LogP contribution in [0.15, 0.2) is 30.5 Å². The number of rotatable bonds is 3. The molecule has 0 spiro atoms. The van der Waals surface area contributed by atoms with Gasteiger partial charge in [0.15, 0.2) is 10.9 Å². The maximum Gasteiger partial charge on any atom is 0.258 e. The van der Waals surface area contributed by atoms with E-state index in [1.807, 2.05) is 12.1 Å². The van der Waals surface area contributed by atoms with E-state index in [0.29, 0.717) is 15.6 Å². The average Bonchev–Trinajstić information content (AvgIpc) is 2.78. The van der Waals surface area contributed by atoms with E-state index >= 15 is 0 Å². The van der Waals surface area contributed by atoms with Crippen LogP contribution < -0.4 is 5.32 Å². The molecular weight excluding hydrogens is 363 g/mol. The van der Waals surface area contributed by atoms with Gasteiger partial charge in [0.2, 0.25) is 0 Å². The lowest BCUT2D eigenvalue weighted by atomic mass is 10.2. The largest absolute Gasteiger partial charge is 0.298 e. The zero-order valence-electron chi connectivity index (χ0n) is 9.44. The standard InChI is InChI=1S/C12H9IN2O2S/c1-7(16)10-6-14-12(18-10)15-11(17)8-4-2-3-5-9(8)13/h2-6H,1H3,(H,14,15,17). The van der Waals surface area contributed by atoms with E-state index in [0.717, 1.165) is 3.57 Å². The number of ketones is 1. The van der Waals surface area contributed by atoms with Gasteiger partial charge in [-0.2, -0.15) is 0 Å². The van der Waals surface area contributed by atoms with Crippen LogP contribution in [0.4, 0.5) is 5.13 Å². The van der Waals surface area contributed by atoms with Gasteiger partial charge in [0, 0.05) is 10.5 Å². The predicted octanol–water partition coefficient (Wildman–Crippen LogP) is 3.20. The molecule has 2 rings (SSSR count). The molecule has 2 aromatic rings. The summed E-state index contributed by atoms with van der Waals surface area (Å²) in [6, 6.07) is 7.28. The number of nitrogens with zero attached hydrogens (tertiary/aromatic N) is 1. The SMILES string of the molecule is CC(=O)c1cnc(NC(=O)c2ccccc2I)s1. The zero-order valence-corrected chi connectivity index (χ0v) is 12.4. The van der Waals surface area contributed by atoms with Crippen molar-refractivity contribution in [3.8, 4) is 0 Å². The third kappa shape index (κ3) is 2.94. The van der Waals surface area contributed by atoms with Crippen LogP contribution in [0.25, 0.3) is 0 Å². The van der Waals surface area contributed by atoms with Crippen molar-refractivity contribution < 1.29 is 9.59 Å². The number of carbonyl (C=O) groups is 2. The van der Waals surface area contributed by atoms with Crippen LogP contribution in [0.1, 0.15) is 27.0 Å². The fourth-order valence-corrected chi connectivity index (χ4v) is 2.64. The number of benzene rings is 1. The molecule has 1 heterocycles. The summed E-state index contributed by atoms with van der Waals surface area (Å²) in [5, 5.41) is 3.12. The van der Waals surface area contributed by atoms with Crippen LogP contribution in [0.2, 0.25) is 0 Å². The minimum atomic E-state index is -0.218. The van der Waals surface area contributed by atoms with E-state index in [1.54, 1.807) is 12.1 Å². The third-order valence-electron chi connectivity index (χ3n) is 2.19. The molecule has 0 radical (unpaired) electrons. The zero-order chi connectivity index (χ0) is 13.1. The smallest absolute Gasteiger partial charge is 0.258 e. The van der Waals surface area contributed by atoms with Crippen molar-refractivity contribution in [2.45, 2.75) is 6.92 Å². The van der Waals surface area contributed by atoms with E-state index < -0.39 is 0 Å². The second-order valence-electron chi connectivity index (χ2n) is 3.52. The number of hydrogen-bond acceptors (Lipinski definition) is 4. The Morgan fingerprint density at radius 3 is 2.67 bits per heavy atom. The summed E-state index contributed by atoms with van der Waals surface area (Å²) >= 11 is 3.28. The molecule has 0 unspecified atom stereocenters. The molecule has 1 amide bonds. The van der Waals surface area contributed by atoms with Gasteiger partial charge < -0.3 is 0 Å². The molecule has 6 heteroatoms. The quantitative estimate of drug-likeness (QED) is 0.665. The minimum absolute atomic E-state index is 0.0534. The average molecular weight is 372 g/mol. The van der Waals surface area contributed by atoms with Gasteiger partial charge in [0.25, 0.3) is 5.91 Å². The third-order valence-corrected chi connectivity index (χ3v) is 4.15. The highest BCUT2D eigenvalue weighted by atomic mass is 127. The van der Waals surface area contributed by atoms with Gasteiger partial charge in [-0.15, -0.1) is 0 Å². The van der Waals surface area contributed by atoms with Gasteiger partial charge in [-0.05, 0) is 34.7 Å². The van der Waals surface area contributed by atoms with Crippen molar-refractivity contribution in [1.29, 1.82) is 0 Å². The first-order chi connectivity index (χ1) is 8.58. The number of Topliss-reactive ketones (excluding diaryl/α,β-unsaturated/α-hetero) is 1. The Bertz CT molecular complexity index is 610. The molecule has 1 aromatic heterocycles. The summed E-state index contributed by atoms with van der Waals surface area (Å²) in [5.41, 5.74) is 0.595. The van der Waals surface area contributed by atoms with Gasteiger partial charge in [0.05, 0.1) is 16.6 Å². The Hall–Kier alpha value is -1.28. The van der Waals surface area contributed by atoms with E-state index in [2.05, 4.69) is 32.9 Å². The summed E-state index contributed by atoms with van der Waals surface area (Å²) in [5.74, 6) is -0.272. The maximum absolute atomic E-state index is 12.0. The van der Waals surface area contributed by atoms with Crippen molar-refractivity contribution in [2.24, 2.45) is 0 Å². The van der Waals surface area contributed by atoms with Crippen molar-refractivity contribution in [3.63, 3.8) is 0 Å². The van der Waals surface area contributed by atoms with Gasteiger partial charge in [-0.3, -0.25) is 14.9 Å². The molecule has 0 atom stereocenters. The van der Waals surface area contributed by atoms with E-state index in [9.17, 15) is 9.59 Å². The summed E-state index contributed by atoms with van der Waals surface area (Å²) in [4.78, 5) is 27.6. The highest BCUT2D eigenvalue weighted by Gasteiger charge is 2.12. The number of aromatic nitrogens is 1. The molecule has 1 N–H and O–H groups in total. The number of amides is 1. The molecular formula is C12H9IN2O2S. The molecule has 18 heavy (non-hydrogen) atoms. The number of halogens is 1. The summed E-state index contributed by atoms with van der Waals surface area (Å²) in [7, 11) is 0. The highest BCUT2D eigenvalue weighted by Crippen LogP contribution is 2.20. The normalized spacial score (nSPS) is 10.1. The maximum atomic E-state index is 12.0. The fourth-order valence-electron chi connectivity index (χ4n) is 1.30. The van der Waals surface area contributed by atoms with Crippen LogP contribution in [0.3, 0.4) is 0 Å². The fraction of sp³-hybridized carbons (Fsp3) is 0.0833.